The van der Waals surface area contributed by atoms with Gasteiger partial charge in [0.25, 0.3) is 11.8 Å². The fraction of sp³-hybridized carbons (Fsp3) is 0.115. The van der Waals surface area contributed by atoms with Crippen molar-refractivity contribution in [3.63, 3.8) is 0 Å². The minimum absolute atomic E-state index is 0.128. The summed E-state index contributed by atoms with van der Waals surface area (Å²) in [6.45, 7) is 5.29. The Kier molecular flexibility index (Phi) is 5.79. The van der Waals surface area contributed by atoms with Gasteiger partial charge in [-0.2, -0.15) is 0 Å². The highest BCUT2D eigenvalue weighted by Gasteiger charge is 2.40. The van der Waals surface area contributed by atoms with E-state index in [1.165, 1.54) is 31.2 Å². The molecule has 3 amide bonds. The number of anilines is 3. The Morgan fingerprint density at radius 3 is 2.15 bits per heavy atom. The molecule has 0 spiro atoms. The maximum absolute atomic E-state index is 13.4. The molecule has 0 aliphatic carbocycles. The number of rotatable bonds is 5. The van der Waals surface area contributed by atoms with Crippen LogP contribution in [0, 0.1) is 19.7 Å². The van der Waals surface area contributed by atoms with Gasteiger partial charge < -0.3 is 10.6 Å². The Balaban J connectivity index is 1.80. The van der Waals surface area contributed by atoms with Crippen molar-refractivity contribution in [2.75, 3.05) is 15.5 Å². The van der Waals surface area contributed by atoms with E-state index >= 15 is 0 Å². The van der Waals surface area contributed by atoms with Gasteiger partial charge in [-0.25, -0.2) is 9.29 Å². The monoisotopic (exact) mass is 443 g/mol. The number of carbonyl (C=O) groups is 3. The Morgan fingerprint density at radius 2 is 1.55 bits per heavy atom. The molecule has 0 atom stereocenters. The molecular weight excluding hydrogens is 421 g/mol. The van der Waals surface area contributed by atoms with Gasteiger partial charge in [0.2, 0.25) is 5.91 Å². The largest absolute Gasteiger partial charge is 0.350 e. The lowest BCUT2D eigenvalue weighted by atomic mass is 10.0. The van der Waals surface area contributed by atoms with Crippen LogP contribution in [-0.4, -0.2) is 17.7 Å². The molecule has 0 saturated carbocycles. The molecule has 4 rings (SSSR count). The highest BCUT2D eigenvalue weighted by atomic mass is 19.1. The molecule has 0 fully saturated rings. The van der Waals surface area contributed by atoms with Gasteiger partial charge in [-0.05, 0) is 67.4 Å². The van der Waals surface area contributed by atoms with Gasteiger partial charge in [0.05, 0.1) is 11.3 Å². The molecule has 7 heteroatoms. The number of aryl methyl sites for hydroxylation is 2. The smallest absolute Gasteiger partial charge is 0.282 e. The van der Waals surface area contributed by atoms with E-state index in [4.69, 9.17) is 0 Å². The van der Waals surface area contributed by atoms with E-state index in [0.717, 1.165) is 16.0 Å². The number of nitrogens with zero attached hydrogens (tertiary/aromatic N) is 1. The fourth-order valence-corrected chi connectivity index (χ4v) is 3.75. The van der Waals surface area contributed by atoms with Crippen LogP contribution in [0.25, 0.3) is 5.57 Å². The van der Waals surface area contributed by atoms with Crippen LogP contribution in [0.5, 0.6) is 0 Å². The number of nitrogens with one attached hydrogen (secondary N) is 2. The third kappa shape index (κ3) is 4.39. The van der Waals surface area contributed by atoms with Crippen molar-refractivity contribution in [2.24, 2.45) is 0 Å². The fourth-order valence-electron chi connectivity index (χ4n) is 3.75. The standard InChI is InChI=1S/C26H22FN3O3/c1-15-4-13-22(16(2)14-15)29-24-23(18-5-9-20(10-6-18)28-17(3)31)25(32)30(26(24)33)21-11-7-19(27)8-12-21/h4-14,29H,1-3H3,(H,28,31). The normalized spacial score (nSPS) is 13.5. The summed E-state index contributed by atoms with van der Waals surface area (Å²) in [5, 5.41) is 5.82. The zero-order chi connectivity index (χ0) is 23.7. The molecule has 0 unspecified atom stereocenters. The predicted molar refractivity (Wildman–Crippen MR) is 126 cm³/mol. The van der Waals surface area contributed by atoms with Gasteiger partial charge in [-0.1, -0.05) is 29.8 Å². The van der Waals surface area contributed by atoms with Gasteiger partial charge in [0.15, 0.2) is 0 Å². The molecular formula is C26H22FN3O3. The van der Waals surface area contributed by atoms with Crippen LogP contribution < -0.4 is 15.5 Å². The van der Waals surface area contributed by atoms with Crippen LogP contribution in [0.2, 0.25) is 0 Å². The summed E-state index contributed by atoms with van der Waals surface area (Å²) in [5.74, 6) is -1.74. The Bertz CT molecular complexity index is 1300. The summed E-state index contributed by atoms with van der Waals surface area (Å²) in [7, 11) is 0. The van der Waals surface area contributed by atoms with Gasteiger partial charge in [-0.15, -0.1) is 0 Å². The SMILES string of the molecule is CC(=O)Nc1ccc(C2=C(Nc3ccc(C)cc3C)C(=O)N(c3ccc(F)cc3)C2=O)cc1. The zero-order valence-corrected chi connectivity index (χ0v) is 18.4. The summed E-state index contributed by atoms with van der Waals surface area (Å²) >= 11 is 0. The van der Waals surface area contributed by atoms with Crippen molar-refractivity contribution in [1.29, 1.82) is 0 Å². The van der Waals surface area contributed by atoms with Crippen molar-refractivity contribution >= 4 is 40.4 Å². The van der Waals surface area contributed by atoms with Gasteiger partial charge in [-0.3, -0.25) is 14.4 Å². The van der Waals surface area contributed by atoms with Crippen molar-refractivity contribution in [2.45, 2.75) is 20.8 Å². The van der Waals surface area contributed by atoms with E-state index in [1.807, 2.05) is 32.0 Å². The quantitative estimate of drug-likeness (QED) is 0.556. The number of imide groups is 1. The average Bonchev–Trinajstić information content (AvgIpc) is 3.00. The first-order valence-electron chi connectivity index (χ1n) is 10.4. The molecule has 0 radical (unpaired) electrons. The number of carbonyl (C=O) groups excluding carboxylic acids is 3. The molecule has 3 aromatic rings. The lowest BCUT2D eigenvalue weighted by Crippen LogP contribution is -2.32. The van der Waals surface area contributed by atoms with Crippen LogP contribution in [-0.2, 0) is 14.4 Å². The van der Waals surface area contributed by atoms with Crippen LogP contribution in [0.1, 0.15) is 23.6 Å². The summed E-state index contributed by atoms with van der Waals surface area (Å²) in [6, 6.07) is 17.6. The predicted octanol–water partition coefficient (Wildman–Crippen LogP) is 4.80. The van der Waals surface area contributed by atoms with Crippen molar-refractivity contribution in [3.05, 3.63) is 94.9 Å². The zero-order valence-electron chi connectivity index (χ0n) is 18.4. The molecule has 0 bridgehead atoms. The first kappa shape index (κ1) is 22.0. The van der Waals surface area contributed by atoms with Gasteiger partial charge in [0, 0.05) is 18.3 Å². The maximum Gasteiger partial charge on any atom is 0.282 e. The van der Waals surface area contributed by atoms with Crippen molar-refractivity contribution in [1.82, 2.24) is 0 Å². The average molecular weight is 443 g/mol. The van der Waals surface area contributed by atoms with Crippen LogP contribution >= 0.6 is 0 Å². The van der Waals surface area contributed by atoms with E-state index in [0.29, 0.717) is 16.9 Å². The molecule has 0 saturated heterocycles. The van der Waals surface area contributed by atoms with E-state index in [2.05, 4.69) is 10.6 Å². The van der Waals surface area contributed by atoms with E-state index in [9.17, 15) is 18.8 Å². The van der Waals surface area contributed by atoms with Crippen LogP contribution in [0.15, 0.2) is 72.4 Å². The highest BCUT2D eigenvalue weighted by Crippen LogP contribution is 2.34. The second-order valence-corrected chi connectivity index (χ2v) is 7.87. The Labute approximate surface area is 190 Å². The van der Waals surface area contributed by atoms with Crippen molar-refractivity contribution in [3.8, 4) is 0 Å². The topological polar surface area (TPSA) is 78.5 Å². The second kappa shape index (κ2) is 8.70. The second-order valence-electron chi connectivity index (χ2n) is 7.87. The molecule has 3 aromatic carbocycles. The lowest BCUT2D eigenvalue weighted by molar-refractivity contribution is -0.120. The Hall–Kier alpha value is -4.26. The van der Waals surface area contributed by atoms with Gasteiger partial charge >= 0.3 is 0 Å². The first-order valence-corrected chi connectivity index (χ1v) is 10.4. The molecule has 1 aliphatic heterocycles. The Morgan fingerprint density at radius 1 is 0.879 bits per heavy atom. The third-order valence-corrected chi connectivity index (χ3v) is 5.30. The minimum Gasteiger partial charge on any atom is -0.350 e. The molecule has 0 aromatic heterocycles. The molecule has 1 heterocycles. The van der Waals surface area contributed by atoms with Crippen LogP contribution in [0.3, 0.4) is 0 Å². The number of halogens is 1. The highest BCUT2D eigenvalue weighted by molar-refractivity contribution is 6.46. The van der Waals surface area contributed by atoms with Gasteiger partial charge in [0.1, 0.15) is 11.5 Å². The van der Waals surface area contributed by atoms with Crippen LogP contribution in [0.4, 0.5) is 21.5 Å². The number of amides is 3. The number of hydrogen-bond acceptors (Lipinski definition) is 4. The maximum atomic E-state index is 13.4. The molecule has 166 valence electrons. The molecule has 6 nitrogen and oxygen atoms in total. The molecule has 1 aliphatic rings. The third-order valence-electron chi connectivity index (χ3n) is 5.30. The lowest BCUT2D eigenvalue weighted by Gasteiger charge is -2.16. The van der Waals surface area contributed by atoms with E-state index < -0.39 is 17.6 Å². The number of benzene rings is 3. The minimum atomic E-state index is -0.535. The summed E-state index contributed by atoms with van der Waals surface area (Å²) in [4.78, 5) is 39.2. The molecule has 33 heavy (non-hydrogen) atoms. The van der Waals surface area contributed by atoms with E-state index in [1.54, 1.807) is 24.3 Å². The summed E-state index contributed by atoms with van der Waals surface area (Å²) in [6.07, 6.45) is 0. The molecule has 2 N–H and O–H groups in total. The number of hydrogen-bond donors (Lipinski definition) is 2. The van der Waals surface area contributed by atoms with E-state index in [-0.39, 0.29) is 22.9 Å². The first-order chi connectivity index (χ1) is 15.7. The summed E-state index contributed by atoms with van der Waals surface area (Å²) < 4.78 is 13.4. The summed E-state index contributed by atoms with van der Waals surface area (Å²) in [5.41, 5.74) is 4.37. The van der Waals surface area contributed by atoms with Crippen molar-refractivity contribution < 1.29 is 18.8 Å².